The third-order valence-corrected chi connectivity index (χ3v) is 3.77. The molecule has 0 fully saturated rings. The lowest BCUT2D eigenvalue weighted by atomic mass is 10.1. The van der Waals surface area contributed by atoms with Crippen LogP contribution >= 0.6 is 11.6 Å². The molecule has 2 aromatic heterocycles. The van der Waals surface area contributed by atoms with E-state index >= 15 is 0 Å². The Morgan fingerprint density at radius 2 is 2.00 bits per heavy atom. The molecule has 0 aliphatic rings. The molecule has 0 atom stereocenters. The second-order valence-electron chi connectivity index (χ2n) is 5.77. The quantitative estimate of drug-likeness (QED) is 0.341. The van der Waals surface area contributed by atoms with Crippen molar-refractivity contribution in [2.45, 2.75) is 6.10 Å². The minimum atomic E-state index is -3.43. The number of hydrogen-bond acceptors (Lipinski definition) is 10. The van der Waals surface area contributed by atoms with Crippen LogP contribution in [0.2, 0.25) is 5.15 Å². The Labute approximate surface area is 168 Å². The summed E-state index contributed by atoms with van der Waals surface area (Å²) < 4.78 is 7.02. The van der Waals surface area contributed by atoms with Gasteiger partial charge in [-0.05, 0) is 12.1 Å². The molecule has 2 heterocycles. The number of methoxy groups -OCH3 is 1. The molecule has 29 heavy (non-hydrogen) atoms. The summed E-state index contributed by atoms with van der Waals surface area (Å²) in [5.41, 5.74) is 0.701. The van der Waals surface area contributed by atoms with Gasteiger partial charge in [-0.25, -0.2) is 4.98 Å². The zero-order valence-electron chi connectivity index (χ0n) is 15.2. The molecule has 1 aromatic carbocycles. The molecule has 13 heteroatoms. The van der Waals surface area contributed by atoms with E-state index in [1.165, 1.54) is 29.5 Å². The molecule has 0 radical (unpaired) electrons. The van der Waals surface area contributed by atoms with Gasteiger partial charge in [-0.3, -0.25) is 14.8 Å². The number of hydrogen-bond donors (Lipinski definition) is 5. The molecule has 0 aliphatic heterocycles. The average molecular weight is 422 g/mol. The molecule has 12 nitrogen and oxygen atoms in total. The minimum Gasteiger partial charge on any atom is -0.494 e. The minimum absolute atomic E-state index is 0.0335. The van der Waals surface area contributed by atoms with E-state index in [0.29, 0.717) is 22.8 Å². The van der Waals surface area contributed by atoms with E-state index in [0.717, 1.165) is 0 Å². The van der Waals surface area contributed by atoms with Gasteiger partial charge < -0.3 is 25.4 Å². The Kier molecular flexibility index (Phi) is 5.61. The van der Waals surface area contributed by atoms with Crippen LogP contribution in [-0.2, 0) is 7.05 Å². The number of rotatable bonds is 6. The maximum absolute atomic E-state index is 12.2. The van der Waals surface area contributed by atoms with Crippen molar-refractivity contribution in [3.05, 3.63) is 41.4 Å². The fraction of sp³-hybridized carbons (Fsp3) is 0.188. The van der Waals surface area contributed by atoms with Crippen molar-refractivity contribution in [3.63, 3.8) is 0 Å². The van der Waals surface area contributed by atoms with E-state index in [2.05, 4.69) is 25.6 Å². The maximum atomic E-state index is 12.2. The summed E-state index contributed by atoms with van der Waals surface area (Å²) in [6.07, 6.45) is -1.90. The number of aromatic nitrogens is 5. The normalized spacial score (nSPS) is 11.2. The fourth-order valence-corrected chi connectivity index (χ4v) is 2.63. The van der Waals surface area contributed by atoms with E-state index in [1.54, 1.807) is 25.2 Å². The van der Waals surface area contributed by atoms with Gasteiger partial charge in [0.15, 0.2) is 22.4 Å². The first-order valence-electron chi connectivity index (χ1n) is 8.01. The molecule has 152 valence electrons. The third kappa shape index (κ3) is 4.75. The number of aliphatic hydroxyl groups is 3. The predicted molar refractivity (Wildman–Crippen MR) is 100 cm³/mol. The van der Waals surface area contributed by atoms with Crippen molar-refractivity contribution in [1.82, 2.24) is 30.3 Å². The van der Waals surface area contributed by atoms with Crippen molar-refractivity contribution in [1.29, 1.82) is 0 Å². The van der Waals surface area contributed by atoms with Crippen molar-refractivity contribution < 1.29 is 24.9 Å². The Hall–Kier alpha value is -3.32. The van der Waals surface area contributed by atoms with Gasteiger partial charge in [0.1, 0.15) is 6.33 Å². The highest BCUT2D eigenvalue weighted by Gasteiger charge is 2.26. The molecule has 5 N–H and O–H groups in total. The summed E-state index contributed by atoms with van der Waals surface area (Å²) in [5.74, 6) is -0.327. The van der Waals surface area contributed by atoms with Gasteiger partial charge in [0.05, 0.1) is 24.0 Å². The zero-order valence-corrected chi connectivity index (χ0v) is 15.9. The summed E-state index contributed by atoms with van der Waals surface area (Å²) in [6, 6.07) is 6.42. The van der Waals surface area contributed by atoms with Crippen molar-refractivity contribution in [2.75, 3.05) is 12.4 Å². The summed E-state index contributed by atoms with van der Waals surface area (Å²) in [4.78, 5) is 16.4. The van der Waals surface area contributed by atoms with Crippen LogP contribution in [0.15, 0.2) is 30.6 Å². The van der Waals surface area contributed by atoms with Gasteiger partial charge in [0.25, 0.3) is 5.91 Å². The van der Waals surface area contributed by atoms with Crippen molar-refractivity contribution in [2.24, 2.45) is 7.05 Å². The van der Waals surface area contributed by atoms with Gasteiger partial charge in [-0.15, -0.1) is 10.2 Å². The van der Waals surface area contributed by atoms with Crippen LogP contribution in [0.4, 0.5) is 11.4 Å². The lowest BCUT2D eigenvalue weighted by Crippen LogP contribution is -2.48. The number of benzene rings is 1. The lowest BCUT2D eigenvalue weighted by molar-refractivity contribution is -0.323. The van der Waals surface area contributed by atoms with E-state index in [9.17, 15) is 4.79 Å². The Bertz CT molecular complexity index is 1050. The Morgan fingerprint density at radius 3 is 2.62 bits per heavy atom. The van der Waals surface area contributed by atoms with Crippen LogP contribution in [0.1, 0.15) is 10.5 Å². The fourth-order valence-electron chi connectivity index (χ4n) is 2.48. The predicted octanol–water partition coefficient (Wildman–Crippen LogP) is -0.00430. The van der Waals surface area contributed by atoms with Gasteiger partial charge >= 0.3 is 6.10 Å². The number of nitrogens with one attached hydrogen (secondary N) is 2. The second kappa shape index (κ2) is 7.97. The number of amides is 1. The van der Waals surface area contributed by atoms with Crippen LogP contribution in [0.25, 0.3) is 11.4 Å². The number of halogens is 1. The highest BCUT2D eigenvalue weighted by molar-refractivity contribution is 6.29. The largest absolute Gasteiger partial charge is 0.494 e. The first kappa shape index (κ1) is 20.4. The number of aryl methyl sites for hydroxylation is 1. The first-order valence-corrected chi connectivity index (χ1v) is 8.38. The zero-order chi connectivity index (χ0) is 21.2. The second-order valence-corrected chi connectivity index (χ2v) is 6.16. The van der Waals surface area contributed by atoms with Crippen LogP contribution in [-0.4, -0.2) is 59.4 Å². The number of ether oxygens (including phenoxy) is 1. The summed E-state index contributed by atoms with van der Waals surface area (Å²) in [7, 11) is 3.18. The number of para-hydroxylation sites is 1. The summed E-state index contributed by atoms with van der Waals surface area (Å²) >= 11 is 5.88. The monoisotopic (exact) mass is 421 g/mol. The highest BCUT2D eigenvalue weighted by Crippen LogP contribution is 2.37. The standard InChI is InChI=1S/C16H16ClN7O5/c1-24-7-18-14(23-24)8-4-3-5-9(13(8)29-2)19-10-6-11(17)21-22-12(10)15(25)20-16(26,27)28/h3-7,26-28H,1-2H3,(H,19,21)(H,20,25). The van der Waals surface area contributed by atoms with Crippen molar-refractivity contribution >= 4 is 28.9 Å². The van der Waals surface area contributed by atoms with Gasteiger partial charge in [-0.1, -0.05) is 17.7 Å². The molecule has 0 aliphatic carbocycles. The number of carbonyl (C=O) groups excluding carboxylic acids is 1. The maximum Gasteiger partial charge on any atom is 0.369 e. The molecular weight excluding hydrogens is 406 g/mol. The van der Waals surface area contributed by atoms with E-state index < -0.39 is 12.0 Å². The summed E-state index contributed by atoms with van der Waals surface area (Å²) in [5, 5.41) is 42.8. The Balaban J connectivity index is 2.02. The molecule has 0 saturated carbocycles. The topological polar surface area (TPSA) is 168 Å². The van der Waals surface area contributed by atoms with Gasteiger partial charge in [0, 0.05) is 13.1 Å². The molecule has 0 unspecified atom stereocenters. The number of nitrogens with zero attached hydrogens (tertiary/aromatic N) is 5. The lowest BCUT2D eigenvalue weighted by Gasteiger charge is -2.18. The van der Waals surface area contributed by atoms with Crippen LogP contribution in [0, 0.1) is 0 Å². The molecule has 0 saturated heterocycles. The highest BCUT2D eigenvalue weighted by atomic mass is 35.5. The number of carbonyl (C=O) groups is 1. The van der Waals surface area contributed by atoms with Crippen molar-refractivity contribution in [3.8, 4) is 17.1 Å². The summed E-state index contributed by atoms with van der Waals surface area (Å²) in [6.45, 7) is 0. The van der Waals surface area contributed by atoms with E-state index in [1.807, 2.05) is 0 Å². The smallest absolute Gasteiger partial charge is 0.369 e. The molecule has 0 spiro atoms. The van der Waals surface area contributed by atoms with E-state index in [4.69, 9.17) is 31.7 Å². The first-order chi connectivity index (χ1) is 13.7. The van der Waals surface area contributed by atoms with Gasteiger partial charge in [0.2, 0.25) is 0 Å². The number of anilines is 2. The van der Waals surface area contributed by atoms with Crippen LogP contribution < -0.4 is 15.4 Å². The van der Waals surface area contributed by atoms with Crippen LogP contribution in [0.5, 0.6) is 5.75 Å². The van der Waals surface area contributed by atoms with Crippen LogP contribution in [0.3, 0.4) is 0 Å². The molecule has 1 amide bonds. The molecule has 0 bridgehead atoms. The van der Waals surface area contributed by atoms with Gasteiger partial charge in [-0.2, -0.15) is 5.10 Å². The molecule has 3 aromatic rings. The molecular formula is C16H16ClN7O5. The molecule has 3 rings (SSSR count). The average Bonchev–Trinajstić information content (AvgIpc) is 3.06. The third-order valence-electron chi connectivity index (χ3n) is 3.59. The van der Waals surface area contributed by atoms with E-state index in [-0.39, 0.29) is 16.5 Å². The SMILES string of the molecule is COc1c(Nc2cc(Cl)nnc2C(=O)NC(O)(O)O)cccc1-c1ncn(C)n1. The Morgan fingerprint density at radius 1 is 1.24 bits per heavy atom.